The molecular formula is C12H20FN3. The van der Waals surface area contributed by atoms with E-state index in [2.05, 4.69) is 21.4 Å². The number of hydrogen-bond acceptors (Lipinski definition) is 2. The fraction of sp³-hybridized carbons (Fsp3) is 0.750. The number of piperidine rings is 1. The smallest absolute Gasteiger partial charge is 0.122 e. The number of nitrogens with zero attached hydrogens (tertiary/aromatic N) is 3. The van der Waals surface area contributed by atoms with E-state index in [1.165, 1.54) is 0 Å². The van der Waals surface area contributed by atoms with E-state index < -0.39 is 5.67 Å². The molecule has 2 heterocycles. The number of alkyl halides is 1. The molecule has 0 radical (unpaired) electrons. The molecule has 1 aliphatic heterocycles. The summed E-state index contributed by atoms with van der Waals surface area (Å²) in [6.45, 7) is 7.00. The molecular weight excluding hydrogens is 205 g/mol. The number of hydrogen-bond donors (Lipinski definition) is 0. The number of halogens is 1. The van der Waals surface area contributed by atoms with Gasteiger partial charge in [-0.25, -0.2) is 9.37 Å². The Morgan fingerprint density at radius 2 is 2.38 bits per heavy atom. The summed E-state index contributed by atoms with van der Waals surface area (Å²) in [4.78, 5) is 6.49. The number of aromatic nitrogens is 2. The summed E-state index contributed by atoms with van der Waals surface area (Å²) in [5.74, 6) is 1.04. The second kappa shape index (κ2) is 4.53. The maximum Gasteiger partial charge on any atom is 0.122 e. The molecule has 0 saturated carbocycles. The summed E-state index contributed by atoms with van der Waals surface area (Å²) in [5, 5.41) is 0. The van der Waals surface area contributed by atoms with Crippen molar-refractivity contribution in [3.63, 3.8) is 0 Å². The molecule has 0 amide bonds. The van der Waals surface area contributed by atoms with E-state index in [-0.39, 0.29) is 0 Å². The van der Waals surface area contributed by atoms with E-state index in [0.717, 1.165) is 31.9 Å². The van der Waals surface area contributed by atoms with Gasteiger partial charge in [0.15, 0.2) is 0 Å². The molecule has 1 saturated heterocycles. The van der Waals surface area contributed by atoms with Gasteiger partial charge < -0.3 is 4.57 Å². The first-order valence-corrected chi connectivity index (χ1v) is 6.02. The van der Waals surface area contributed by atoms with Gasteiger partial charge in [0.2, 0.25) is 0 Å². The first kappa shape index (κ1) is 11.6. The lowest BCUT2D eigenvalue weighted by Gasteiger charge is -2.34. The van der Waals surface area contributed by atoms with E-state index in [0.29, 0.717) is 13.0 Å². The highest BCUT2D eigenvalue weighted by molar-refractivity contribution is 4.94. The van der Waals surface area contributed by atoms with E-state index in [1.54, 1.807) is 6.92 Å². The molecule has 90 valence electrons. The molecule has 1 aliphatic rings. The van der Waals surface area contributed by atoms with E-state index >= 15 is 0 Å². The maximum atomic E-state index is 13.9. The minimum Gasteiger partial charge on any atom is -0.334 e. The molecule has 16 heavy (non-hydrogen) atoms. The van der Waals surface area contributed by atoms with E-state index in [1.807, 2.05) is 12.4 Å². The number of rotatable bonds is 3. The van der Waals surface area contributed by atoms with Crippen LogP contribution < -0.4 is 0 Å². The number of imidazole rings is 1. The number of likely N-dealkylation sites (tertiary alicyclic amines) is 1. The Labute approximate surface area is 96.3 Å². The largest absolute Gasteiger partial charge is 0.334 e. The molecule has 0 bridgehead atoms. The Morgan fingerprint density at radius 1 is 1.56 bits per heavy atom. The van der Waals surface area contributed by atoms with Crippen LogP contribution >= 0.6 is 0 Å². The van der Waals surface area contributed by atoms with Gasteiger partial charge in [0.25, 0.3) is 0 Å². The van der Waals surface area contributed by atoms with Crippen LogP contribution in [0.1, 0.15) is 32.5 Å². The molecule has 2 rings (SSSR count). The van der Waals surface area contributed by atoms with Crippen LogP contribution in [0, 0.1) is 0 Å². The van der Waals surface area contributed by atoms with Gasteiger partial charge >= 0.3 is 0 Å². The zero-order chi connectivity index (χ0) is 11.6. The quantitative estimate of drug-likeness (QED) is 0.786. The van der Waals surface area contributed by atoms with Gasteiger partial charge in [-0.3, -0.25) is 4.90 Å². The summed E-state index contributed by atoms with van der Waals surface area (Å²) in [6.07, 6.45) is 5.43. The van der Waals surface area contributed by atoms with Gasteiger partial charge in [0, 0.05) is 25.5 Å². The molecule has 3 nitrogen and oxygen atoms in total. The Kier molecular flexibility index (Phi) is 3.28. The van der Waals surface area contributed by atoms with Crippen molar-refractivity contribution >= 4 is 0 Å². The Morgan fingerprint density at radius 3 is 3.06 bits per heavy atom. The first-order valence-electron chi connectivity index (χ1n) is 6.02. The van der Waals surface area contributed by atoms with Crippen LogP contribution in [-0.2, 0) is 13.1 Å². The van der Waals surface area contributed by atoms with Crippen molar-refractivity contribution in [1.82, 2.24) is 14.5 Å². The summed E-state index contributed by atoms with van der Waals surface area (Å²) in [5.41, 5.74) is -1.03. The summed E-state index contributed by atoms with van der Waals surface area (Å²) in [6, 6.07) is 0. The van der Waals surface area contributed by atoms with Gasteiger partial charge in [0.05, 0.1) is 6.54 Å². The molecule has 4 heteroatoms. The van der Waals surface area contributed by atoms with Crippen molar-refractivity contribution in [3.8, 4) is 0 Å². The van der Waals surface area contributed by atoms with Crippen LogP contribution in [0.5, 0.6) is 0 Å². The van der Waals surface area contributed by atoms with Crippen molar-refractivity contribution in [2.45, 2.75) is 45.4 Å². The van der Waals surface area contributed by atoms with Crippen molar-refractivity contribution < 1.29 is 4.39 Å². The molecule has 1 atom stereocenters. The minimum absolute atomic E-state index is 0.531. The minimum atomic E-state index is -1.03. The molecule has 1 aromatic rings. The zero-order valence-corrected chi connectivity index (χ0v) is 10.1. The normalized spacial score (nSPS) is 27.2. The van der Waals surface area contributed by atoms with Crippen molar-refractivity contribution in [2.75, 3.05) is 13.1 Å². The van der Waals surface area contributed by atoms with Crippen LogP contribution in [-0.4, -0.2) is 33.2 Å². The molecule has 0 aliphatic carbocycles. The third-order valence-corrected chi connectivity index (χ3v) is 3.23. The monoisotopic (exact) mass is 225 g/mol. The van der Waals surface area contributed by atoms with Gasteiger partial charge in [-0.2, -0.15) is 0 Å². The lowest BCUT2D eigenvalue weighted by molar-refractivity contribution is 0.0543. The van der Waals surface area contributed by atoms with Gasteiger partial charge in [-0.15, -0.1) is 0 Å². The molecule has 1 aromatic heterocycles. The molecule has 0 N–H and O–H groups in total. The highest BCUT2D eigenvalue weighted by Crippen LogP contribution is 2.25. The molecule has 0 aromatic carbocycles. The van der Waals surface area contributed by atoms with E-state index in [9.17, 15) is 4.39 Å². The average Bonchev–Trinajstić information content (AvgIpc) is 2.63. The number of aryl methyl sites for hydroxylation is 1. The highest BCUT2D eigenvalue weighted by Gasteiger charge is 2.30. The Balaban J connectivity index is 1.99. The highest BCUT2D eigenvalue weighted by atomic mass is 19.1. The standard InChI is InChI=1S/C12H20FN3/c1-3-16-8-6-14-11(16)9-15-7-4-5-12(2,13)10-15/h6,8H,3-5,7,9-10H2,1-2H3/t12-/m1/s1. The van der Waals surface area contributed by atoms with Crippen LogP contribution in [0.25, 0.3) is 0 Å². The summed E-state index contributed by atoms with van der Waals surface area (Å²) in [7, 11) is 0. The fourth-order valence-electron chi connectivity index (χ4n) is 2.41. The zero-order valence-electron chi connectivity index (χ0n) is 10.1. The van der Waals surface area contributed by atoms with Crippen molar-refractivity contribution in [3.05, 3.63) is 18.2 Å². The second-order valence-electron chi connectivity index (χ2n) is 4.86. The predicted octanol–water partition coefficient (Wildman–Crippen LogP) is 2.23. The first-order chi connectivity index (χ1) is 7.61. The lowest BCUT2D eigenvalue weighted by Crippen LogP contribution is -2.43. The van der Waals surface area contributed by atoms with E-state index in [4.69, 9.17) is 0 Å². The van der Waals surface area contributed by atoms with Crippen LogP contribution in [0.15, 0.2) is 12.4 Å². The van der Waals surface area contributed by atoms with Gasteiger partial charge in [-0.1, -0.05) is 0 Å². The third kappa shape index (κ3) is 2.61. The Hall–Kier alpha value is -0.900. The van der Waals surface area contributed by atoms with Crippen LogP contribution in [0.4, 0.5) is 4.39 Å². The van der Waals surface area contributed by atoms with Crippen LogP contribution in [0.2, 0.25) is 0 Å². The van der Waals surface area contributed by atoms with Gasteiger partial charge in [0.1, 0.15) is 11.5 Å². The maximum absolute atomic E-state index is 13.9. The lowest BCUT2D eigenvalue weighted by atomic mass is 9.97. The third-order valence-electron chi connectivity index (χ3n) is 3.23. The molecule has 0 spiro atoms. The fourth-order valence-corrected chi connectivity index (χ4v) is 2.41. The SMILES string of the molecule is CCn1ccnc1CN1CCC[C@@](C)(F)C1. The average molecular weight is 225 g/mol. The topological polar surface area (TPSA) is 21.1 Å². The van der Waals surface area contributed by atoms with Crippen LogP contribution in [0.3, 0.4) is 0 Å². The molecule has 1 fully saturated rings. The molecule has 0 unspecified atom stereocenters. The van der Waals surface area contributed by atoms with Gasteiger partial charge in [-0.05, 0) is 33.2 Å². The Bertz CT molecular complexity index is 346. The summed E-state index contributed by atoms with van der Waals surface area (Å²) < 4.78 is 16.0. The van der Waals surface area contributed by atoms with Crippen molar-refractivity contribution in [1.29, 1.82) is 0 Å². The predicted molar refractivity (Wildman–Crippen MR) is 61.9 cm³/mol. The van der Waals surface area contributed by atoms with Crippen molar-refractivity contribution in [2.24, 2.45) is 0 Å². The summed E-state index contributed by atoms with van der Waals surface area (Å²) >= 11 is 0. The second-order valence-corrected chi connectivity index (χ2v) is 4.86.